The largest absolute Gasteiger partial charge is 0.399 e. The Kier molecular flexibility index (Phi) is 4.22. The number of rotatable bonds is 3. The highest BCUT2D eigenvalue weighted by Crippen LogP contribution is 2.17. The first-order valence-electron chi connectivity index (χ1n) is 5.95. The van der Waals surface area contributed by atoms with Gasteiger partial charge in [-0.25, -0.2) is 0 Å². The molecule has 0 aromatic heterocycles. The van der Waals surface area contributed by atoms with Crippen LogP contribution in [-0.2, 0) is 6.54 Å². The molecule has 3 nitrogen and oxygen atoms in total. The number of amides is 1. The van der Waals surface area contributed by atoms with Crippen molar-refractivity contribution in [2.24, 2.45) is 0 Å². The number of hydrogen-bond donors (Lipinski definition) is 2. The third kappa shape index (κ3) is 3.58. The van der Waals surface area contributed by atoms with Gasteiger partial charge in [0.25, 0.3) is 5.91 Å². The van der Waals surface area contributed by atoms with Crippen LogP contribution in [0.5, 0.6) is 0 Å². The number of halogens is 1. The van der Waals surface area contributed by atoms with E-state index >= 15 is 0 Å². The van der Waals surface area contributed by atoms with Crippen LogP contribution < -0.4 is 11.1 Å². The van der Waals surface area contributed by atoms with Gasteiger partial charge in [0.1, 0.15) is 0 Å². The summed E-state index contributed by atoms with van der Waals surface area (Å²) in [5, 5.41) is 2.88. The van der Waals surface area contributed by atoms with Crippen LogP contribution in [0, 0.1) is 6.92 Å². The summed E-state index contributed by atoms with van der Waals surface area (Å²) < 4.78 is 0.938. The van der Waals surface area contributed by atoms with Crippen molar-refractivity contribution in [1.82, 2.24) is 5.32 Å². The fraction of sp³-hybridized carbons (Fsp3) is 0.133. The van der Waals surface area contributed by atoms with Crippen molar-refractivity contribution in [3.05, 3.63) is 63.6 Å². The maximum atomic E-state index is 12.0. The van der Waals surface area contributed by atoms with Crippen LogP contribution in [-0.4, -0.2) is 5.91 Å². The molecule has 0 heterocycles. The highest BCUT2D eigenvalue weighted by molar-refractivity contribution is 9.10. The fourth-order valence-electron chi connectivity index (χ4n) is 1.65. The second-order valence-corrected chi connectivity index (χ2v) is 5.24. The van der Waals surface area contributed by atoms with E-state index in [2.05, 4.69) is 21.2 Å². The van der Waals surface area contributed by atoms with E-state index in [-0.39, 0.29) is 5.91 Å². The van der Waals surface area contributed by atoms with Gasteiger partial charge in [-0.05, 0) is 42.3 Å². The molecule has 0 bridgehead atoms. The summed E-state index contributed by atoms with van der Waals surface area (Å²) in [6.07, 6.45) is 0. The number of anilines is 1. The molecule has 0 radical (unpaired) electrons. The van der Waals surface area contributed by atoms with Gasteiger partial charge in [-0.1, -0.05) is 34.1 Å². The molecular weight excluding hydrogens is 304 g/mol. The molecule has 2 aromatic carbocycles. The molecule has 2 rings (SSSR count). The standard InChI is InChI=1S/C15H15BrN2O/c1-10-2-5-12(8-14(10)16)15(19)18-9-11-3-6-13(17)7-4-11/h2-8H,9,17H2,1H3,(H,18,19). The molecule has 19 heavy (non-hydrogen) atoms. The number of aryl methyl sites for hydroxylation is 1. The Balaban J connectivity index is 2.01. The van der Waals surface area contributed by atoms with E-state index in [4.69, 9.17) is 5.73 Å². The molecule has 0 spiro atoms. The van der Waals surface area contributed by atoms with E-state index < -0.39 is 0 Å². The van der Waals surface area contributed by atoms with Crippen molar-refractivity contribution in [2.45, 2.75) is 13.5 Å². The molecule has 0 saturated carbocycles. The first-order valence-corrected chi connectivity index (χ1v) is 6.74. The minimum Gasteiger partial charge on any atom is -0.399 e. The summed E-state index contributed by atoms with van der Waals surface area (Å²) >= 11 is 3.42. The lowest BCUT2D eigenvalue weighted by molar-refractivity contribution is 0.0951. The Hall–Kier alpha value is -1.81. The van der Waals surface area contributed by atoms with E-state index in [0.29, 0.717) is 12.1 Å². The molecule has 3 N–H and O–H groups in total. The van der Waals surface area contributed by atoms with Gasteiger partial charge in [0.15, 0.2) is 0 Å². The molecule has 0 aliphatic carbocycles. The fourth-order valence-corrected chi connectivity index (χ4v) is 2.03. The molecule has 1 amide bonds. The van der Waals surface area contributed by atoms with E-state index in [0.717, 1.165) is 21.3 Å². The van der Waals surface area contributed by atoms with Gasteiger partial charge in [-0.2, -0.15) is 0 Å². The molecule has 0 atom stereocenters. The summed E-state index contributed by atoms with van der Waals surface area (Å²) in [7, 11) is 0. The summed E-state index contributed by atoms with van der Waals surface area (Å²) in [5.41, 5.74) is 9.11. The number of nitrogens with two attached hydrogens (primary N) is 1. The first kappa shape index (κ1) is 13.6. The Bertz CT molecular complexity index is 594. The van der Waals surface area contributed by atoms with E-state index in [1.807, 2.05) is 49.4 Å². The quantitative estimate of drug-likeness (QED) is 0.853. The maximum Gasteiger partial charge on any atom is 0.251 e. The van der Waals surface area contributed by atoms with Gasteiger partial charge in [-0.15, -0.1) is 0 Å². The summed E-state index contributed by atoms with van der Waals surface area (Å²) in [6, 6.07) is 13.0. The summed E-state index contributed by atoms with van der Waals surface area (Å²) in [6.45, 7) is 2.48. The van der Waals surface area contributed by atoms with Crippen LogP contribution in [0.2, 0.25) is 0 Å². The maximum absolute atomic E-state index is 12.0. The average Bonchev–Trinajstić information content (AvgIpc) is 2.41. The SMILES string of the molecule is Cc1ccc(C(=O)NCc2ccc(N)cc2)cc1Br. The average molecular weight is 319 g/mol. The molecule has 98 valence electrons. The van der Waals surface area contributed by atoms with Gasteiger partial charge in [-0.3, -0.25) is 4.79 Å². The van der Waals surface area contributed by atoms with E-state index in [1.54, 1.807) is 0 Å². The predicted molar refractivity (Wildman–Crippen MR) is 80.9 cm³/mol. The minimum absolute atomic E-state index is 0.0856. The highest BCUT2D eigenvalue weighted by atomic mass is 79.9. The second-order valence-electron chi connectivity index (χ2n) is 4.39. The van der Waals surface area contributed by atoms with Crippen LogP contribution in [0.25, 0.3) is 0 Å². The third-order valence-electron chi connectivity index (χ3n) is 2.87. The van der Waals surface area contributed by atoms with Crippen LogP contribution in [0.15, 0.2) is 46.9 Å². The normalized spacial score (nSPS) is 10.2. The number of benzene rings is 2. The lowest BCUT2D eigenvalue weighted by Crippen LogP contribution is -2.22. The van der Waals surface area contributed by atoms with Crippen LogP contribution >= 0.6 is 15.9 Å². The van der Waals surface area contributed by atoms with Crippen LogP contribution in [0.4, 0.5) is 5.69 Å². The van der Waals surface area contributed by atoms with Crippen molar-refractivity contribution in [1.29, 1.82) is 0 Å². The van der Waals surface area contributed by atoms with Gasteiger partial charge < -0.3 is 11.1 Å². The van der Waals surface area contributed by atoms with Crippen LogP contribution in [0.1, 0.15) is 21.5 Å². The van der Waals surface area contributed by atoms with Crippen molar-refractivity contribution in [3.8, 4) is 0 Å². The smallest absolute Gasteiger partial charge is 0.251 e. The Morgan fingerprint density at radius 1 is 1.21 bits per heavy atom. The van der Waals surface area contributed by atoms with Gasteiger partial charge in [0.2, 0.25) is 0 Å². The number of carbonyl (C=O) groups is 1. The minimum atomic E-state index is -0.0856. The van der Waals surface area contributed by atoms with Gasteiger partial charge >= 0.3 is 0 Å². The molecule has 0 aliphatic heterocycles. The van der Waals surface area contributed by atoms with Crippen molar-refractivity contribution < 1.29 is 4.79 Å². The zero-order valence-corrected chi connectivity index (χ0v) is 12.2. The topological polar surface area (TPSA) is 55.1 Å². The molecule has 0 aliphatic rings. The lowest BCUT2D eigenvalue weighted by Gasteiger charge is -2.07. The first-order chi connectivity index (χ1) is 9.06. The predicted octanol–water partition coefficient (Wildman–Crippen LogP) is 3.27. The van der Waals surface area contributed by atoms with Crippen molar-refractivity contribution in [2.75, 3.05) is 5.73 Å². The number of carbonyl (C=O) groups excluding carboxylic acids is 1. The molecule has 2 aromatic rings. The molecule has 0 saturated heterocycles. The zero-order chi connectivity index (χ0) is 13.8. The molecule has 4 heteroatoms. The molecule has 0 unspecified atom stereocenters. The lowest BCUT2D eigenvalue weighted by atomic mass is 10.1. The summed E-state index contributed by atoms with van der Waals surface area (Å²) in [5.74, 6) is -0.0856. The van der Waals surface area contributed by atoms with Crippen molar-refractivity contribution in [3.63, 3.8) is 0 Å². The Morgan fingerprint density at radius 2 is 1.89 bits per heavy atom. The summed E-state index contributed by atoms with van der Waals surface area (Å²) in [4.78, 5) is 12.0. The molecular formula is C15H15BrN2O. The van der Waals surface area contributed by atoms with Crippen LogP contribution in [0.3, 0.4) is 0 Å². The highest BCUT2D eigenvalue weighted by Gasteiger charge is 2.06. The second kappa shape index (κ2) is 5.89. The number of nitrogens with one attached hydrogen (secondary N) is 1. The Morgan fingerprint density at radius 3 is 2.53 bits per heavy atom. The van der Waals surface area contributed by atoms with Gasteiger partial charge in [0, 0.05) is 22.3 Å². The monoisotopic (exact) mass is 318 g/mol. The zero-order valence-electron chi connectivity index (χ0n) is 10.6. The van der Waals surface area contributed by atoms with E-state index in [1.165, 1.54) is 0 Å². The van der Waals surface area contributed by atoms with E-state index in [9.17, 15) is 4.79 Å². The number of nitrogen functional groups attached to an aromatic ring is 1. The van der Waals surface area contributed by atoms with Crippen molar-refractivity contribution >= 4 is 27.5 Å². The third-order valence-corrected chi connectivity index (χ3v) is 3.72. The number of hydrogen-bond acceptors (Lipinski definition) is 2. The Labute approximate surface area is 121 Å². The van der Waals surface area contributed by atoms with Gasteiger partial charge in [0.05, 0.1) is 0 Å². The molecule has 0 fully saturated rings.